The van der Waals surface area contributed by atoms with Crippen LogP contribution in [0.1, 0.15) is 25.6 Å². The molecule has 80 valence electrons. The molecule has 2 rings (SSSR count). The summed E-state index contributed by atoms with van der Waals surface area (Å²) in [6, 6.07) is 3.87. The second-order valence-electron chi connectivity index (χ2n) is 3.79. The monoisotopic (exact) mass is 206 g/mol. The predicted octanol–water partition coefficient (Wildman–Crippen LogP) is 1.87. The predicted molar refractivity (Wildman–Crippen MR) is 56.9 cm³/mol. The first-order chi connectivity index (χ1) is 7.18. The highest BCUT2D eigenvalue weighted by molar-refractivity contribution is 4.99. The highest BCUT2D eigenvalue weighted by atomic mass is 16.3. The van der Waals surface area contributed by atoms with E-state index in [1.165, 1.54) is 0 Å². The van der Waals surface area contributed by atoms with E-state index in [0.717, 1.165) is 5.76 Å². The van der Waals surface area contributed by atoms with Crippen molar-refractivity contribution in [1.29, 1.82) is 0 Å². The third-order valence-corrected chi connectivity index (χ3v) is 2.34. The number of hydrogen-bond donors (Lipinski definition) is 0. The molecule has 0 radical (unpaired) electrons. The van der Waals surface area contributed by atoms with Gasteiger partial charge in [-0.15, -0.1) is 0 Å². The molecule has 2 aromatic heterocycles. The molecule has 0 saturated heterocycles. The van der Waals surface area contributed by atoms with Gasteiger partial charge in [0.25, 0.3) is 0 Å². The Morgan fingerprint density at radius 1 is 1.40 bits per heavy atom. The van der Waals surface area contributed by atoms with E-state index in [0.29, 0.717) is 6.54 Å². The topological polar surface area (TPSA) is 40.1 Å². The minimum absolute atomic E-state index is 0.00130. The Bertz CT molecular complexity index is 477. The average Bonchev–Trinajstić information content (AvgIpc) is 2.78. The highest BCUT2D eigenvalue weighted by Gasteiger charge is 2.06. The molecule has 0 spiro atoms. The van der Waals surface area contributed by atoms with Crippen LogP contribution in [0.4, 0.5) is 0 Å². The van der Waals surface area contributed by atoms with E-state index in [2.05, 4.69) is 0 Å². The second-order valence-corrected chi connectivity index (χ2v) is 3.79. The molecule has 0 bridgehead atoms. The number of aromatic nitrogens is 2. The van der Waals surface area contributed by atoms with Crippen molar-refractivity contribution in [2.75, 3.05) is 0 Å². The van der Waals surface area contributed by atoms with Gasteiger partial charge in [-0.05, 0) is 26.0 Å². The van der Waals surface area contributed by atoms with Gasteiger partial charge in [0, 0.05) is 18.4 Å². The van der Waals surface area contributed by atoms with Gasteiger partial charge in [-0.25, -0.2) is 4.79 Å². The molecule has 2 aromatic rings. The van der Waals surface area contributed by atoms with Gasteiger partial charge < -0.3 is 4.42 Å². The first kappa shape index (κ1) is 9.83. The van der Waals surface area contributed by atoms with Crippen LogP contribution in [0.5, 0.6) is 0 Å². The highest BCUT2D eigenvalue weighted by Crippen LogP contribution is 2.03. The van der Waals surface area contributed by atoms with Gasteiger partial charge in [0.1, 0.15) is 5.76 Å². The third kappa shape index (κ3) is 1.88. The Labute approximate surface area is 87.8 Å². The van der Waals surface area contributed by atoms with Crippen LogP contribution in [-0.4, -0.2) is 9.13 Å². The summed E-state index contributed by atoms with van der Waals surface area (Å²) >= 11 is 0. The van der Waals surface area contributed by atoms with E-state index in [1.54, 1.807) is 27.8 Å². The lowest BCUT2D eigenvalue weighted by atomic mass is 10.4. The number of imidazole rings is 1. The summed E-state index contributed by atoms with van der Waals surface area (Å²) in [5, 5.41) is 0. The van der Waals surface area contributed by atoms with E-state index in [-0.39, 0.29) is 11.7 Å². The fourth-order valence-corrected chi connectivity index (χ4v) is 1.51. The maximum atomic E-state index is 11.8. The number of furan rings is 1. The Balaban J connectivity index is 2.27. The third-order valence-electron chi connectivity index (χ3n) is 2.34. The fraction of sp³-hybridized carbons (Fsp3) is 0.364. The molecule has 0 N–H and O–H groups in total. The Morgan fingerprint density at radius 3 is 2.73 bits per heavy atom. The molecule has 15 heavy (non-hydrogen) atoms. The van der Waals surface area contributed by atoms with Crippen molar-refractivity contribution in [3.8, 4) is 0 Å². The lowest BCUT2D eigenvalue weighted by Gasteiger charge is -2.03. The van der Waals surface area contributed by atoms with Crippen LogP contribution in [0.2, 0.25) is 0 Å². The fourth-order valence-electron chi connectivity index (χ4n) is 1.51. The lowest BCUT2D eigenvalue weighted by molar-refractivity contribution is 0.482. The molecule has 0 aliphatic heterocycles. The Hall–Kier alpha value is -1.71. The molecule has 0 amide bonds. The zero-order valence-electron chi connectivity index (χ0n) is 8.88. The van der Waals surface area contributed by atoms with Crippen molar-refractivity contribution < 1.29 is 4.42 Å². The van der Waals surface area contributed by atoms with Gasteiger partial charge in [0.2, 0.25) is 0 Å². The van der Waals surface area contributed by atoms with Crippen molar-refractivity contribution in [2.24, 2.45) is 0 Å². The average molecular weight is 206 g/mol. The van der Waals surface area contributed by atoms with Gasteiger partial charge >= 0.3 is 5.69 Å². The molecule has 0 unspecified atom stereocenters. The maximum Gasteiger partial charge on any atom is 0.328 e. The molecular weight excluding hydrogens is 192 g/mol. The first-order valence-electron chi connectivity index (χ1n) is 4.98. The van der Waals surface area contributed by atoms with Gasteiger partial charge in [-0.1, -0.05) is 0 Å². The molecule has 0 aliphatic carbocycles. The molecular formula is C11H14N2O2. The molecule has 4 nitrogen and oxygen atoms in total. The smallest absolute Gasteiger partial charge is 0.328 e. The van der Waals surface area contributed by atoms with E-state index in [9.17, 15) is 4.79 Å². The summed E-state index contributed by atoms with van der Waals surface area (Å²) < 4.78 is 8.53. The zero-order valence-corrected chi connectivity index (χ0v) is 8.88. The minimum Gasteiger partial charge on any atom is -0.467 e. The summed E-state index contributed by atoms with van der Waals surface area (Å²) in [6.07, 6.45) is 5.20. The van der Waals surface area contributed by atoms with Gasteiger partial charge in [-0.2, -0.15) is 0 Å². The summed E-state index contributed by atoms with van der Waals surface area (Å²) in [5.74, 6) is 0.790. The molecule has 4 heteroatoms. The van der Waals surface area contributed by atoms with Gasteiger partial charge in [-0.3, -0.25) is 9.13 Å². The van der Waals surface area contributed by atoms with E-state index in [4.69, 9.17) is 4.42 Å². The minimum atomic E-state index is 0.00130. The van der Waals surface area contributed by atoms with Crippen LogP contribution in [0.3, 0.4) is 0 Å². The summed E-state index contributed by atoms with van der Waals surface area (Å²) in [7, 11) is 0. The SMILES string of the molecule is CC(C)n1ccn(Cc2ccco2)c1=O. The van der Waals surface area contributed by atoms with Gasteiger partial charge in [0.15, 0.2) is 0 Å². The normalized spacial score (nSPS) is 11.1. The zero-order chi connectivity index (χ0) is 10.8. The Morgan fingerprint density at radius 2 is 2.20 bits per heavy atom. The quantitative estimate of drug-likeness (QED) is 0.769. The van der Waals surface area contributed by atoms with Crippen molar-refractivity contribution in [3.05, 3.63) is 47.0 Å². The molecule has 0 aliphatic rings. The number of nitrogens with zero attached hydrogens (tertiary/aromatic N) is 2. The van der Waals surface area contributed by atoms with E-state index >= 15 is 0 Å². The van der Waals surface area contributed by atoms with Crippen LogP contribution in [0.25, 0.3) is 0 Å². The van der Waals surface area contributed by atoms with Crippen molar-refractivity contribution >= 4 is 0 Å². The molecule has 0 saturated carbocycles. The largest absolute Gasteiger partial charge is 0.467 e. The maximum absolute atomic E-state index is 11.8. The van der Waals surface area contributed by atoms with Crippen LogP contribution in [-0.2, 0) is 6.54 Å². The van der Waals surface area contributed by atoms with Crippen LogP contribution < -0.4 is 5.69 Å². The lowest BCUT2D eigenvalue weighted by Crippen LogP contribution is -2.25. The standard InChI is InChI=1S/C11H14N2O2/c1-9(2)13-6-5-12(11(13)14)8-10-4-3-7-15-10/h3-7,9H,8H2,1-2H3. The van der Waals surface area contributed by atoms with Crippen molar-refractivity contribution in [3.63, 3.8) is 0 Å². The van der Waals surface area contributed by atoms with Crippen LogP contribution >= 0.6 is 0 Å². The van der Waals surface area contributed by atoms with Crippen molar-refractivity contribution in [1.82, 2.24) is 9.13 Å². The first-order valence-corrected chi connectivity index (χ1v) is 4.98. The van der Waals surface area contributed by atoms with E-state index in [1.807, 2.05) is 26.0 Å². The van der Waals surface area contributed by atoms with Crippen LogP contribution in [0, 0.1) is 0 Å². The summed E-state index contributed by atoms with van der Waals surface area (Å²) in [6.45, 7) is 4.46. The number of rotatable bonds is 3. The molecule has 2 heterocycles. The second kappa shape index (κ2) is 3.81. The Kier molecular flexibility index (Phi) is 2.49. The molecule has 0 fully saturated rings. The molecule has 0 atom stereocenters. The summed E-state index contributed by atoms with van der Waals surface area (Å²) in [5.41, 5.74) is 0.00130. The van der Waals surface area contributed by atoms with Gasteiger partial charge in [0.05, 0.1) is 12.8 Å². The summed E-state index contributed by atoms with van der Waals surface area (Å²) in [4.78, 5) is 11.8. The number of hydrogen-bond acceptors (Lipinski definition) is 2. The van der Waals surface area contributed by atoms with Crippen LogP contribution in [0.15, 0.2) is 40.0 Å². The molecule has 0 aromatic carbocycles. The van der Waals surface area contributed by atoms with Crippen molar-refractivity contribution in [2.45, 2.75) is 26.4 Å². The van der Waals surface area contributed by atoms with E-state index < -0.39 is 0 Å².